The molecule has 0 aliphatic carbocycles. The predicted octanol–water partition coefficient (Wildman–Crippen LogP) is 3.37. The molecule has 2 atom stereocenters. The van der Waals surface area contributed by atoms with Gasteiger partial charge in [-0.25, -0.2) is 0 Å². The van der Waals surface area contributed by atoms with E-state index in [-0.39, 0.29) is 0 Å². The van der Waals surface area contributed by atoms with Gasteiger partial charge in [-0.15, -0.1) is 0 Å². The Morgan fingerprint density at radius 2 is 1.93 bits per heavy atom. The molecular formula is C11H17BrN2. The largest absolute Gasteiger partial charge is 0.156 e. The number of aromatic nitrogens is 2. The zero-order valence-corrected chi connectivity index (χ0v) is 10.8. The van der Waals surface area contributed by atoms with Crippen LogP contribution in [0.3, 0.4) is 0 Å². The van der Waals surface area contributed by atoms with Crippen LogP contribution in [0, 0.1) is 13.8 Å². The van der Waals surface area contributed by atoms with E-state index in [9.17, 15) is 0 Å². The normalized spacial score (nSPS) is 15.2. The average Bonchev–Trinajstić information content (AvgIpc) is 2.08. The highest BCUT2D eigenvalue weighted by Crippen LogP contribution is 2.25. The number of hydrogen-bond acceptors (Lipinski definition) is 2. The summed E-state index contributed by atoms with van der Waals surface area (Å²) in [5.41, 5.74) is 3.37. The smallest absolute Gasteiger partial charge is 0.0635 e. The first-order valence-electron chi connectivity index (χ1n) is 4.95. The van der Waals surface area contributed by atoms with Crippen molar-refractivity contribution < 1.29 is 0 Å². The number of nitrogens with zero attached hydrogens (tertiary/aromatic N) is 2. The molecule has 1 aromatic heterocycles. The van der Waals surface area contributed by atoms with Crippen molar-refractivity contribution in [3.05, 3.63) is 23.0 Å². The Kier molecular flexibility index (Phi) is 4.05. The maximum atomic E-state index is 4.14. The van der Waals surface area contributed by atoms with E-state index < -0.39 is 0 Å². The Morgan fingerprint density at radius 1 is 1.29 bits per heavy atom. The highest BCUT2D eigenvalue weighted by molar-refractivity contribution is 9.09. The van der Waals surface area contributed by atoms with Crippen molar-refractivity contribution in [2.75, 3.05) is 0 Å². The molecule has 0 bridgehead atoms. The molecule has 0 saturated carbocycles. The van der Waals surface area contributed by atoms with E-state index in [1.54, 1.807) is 0 Å². The van der Waals surface area contributed by atoms with Crippen LogP contribution in [0.5, 0.6) is 0 Å². The minimum Gasteiger partial charge on any atom is -0.156 e. The van der Waals surface area contributed by atoms with Gasteiger partial charge >= 0.3 is 0 Å². The molecule has 0 N–H and O–H groups in total. The van der Waals surface area contributed by atoms with Gasteiger partial charge in [0, 0.05) is 4.83 Å². The van der Waals surface area contributed by atoms with Gasteiger partial charge in [-0.05, 0) is 37.8 Å². The third-order valence-electron chi connectivity index (χ3n) is 2.35. The average molecular weight is 257 g/mol. The third kappa shape index (κ3) is 3.05. The van der Waals surface area contributed by atoms with Gasteiger partial charge < -0.3 is 0 Å². The van der Waals surface area contributed by atoms with Gasteiger partial charge in [0.2, 0.25) is 0 Å². The lowest BCUT2D eigenvalue weighted by atomic mass is 9.95. The highest BCUT2D eigenvalue weighted by Gasteiger charge is 2.12. The first-order chi connectivity index (χ1) is 6.50. The van der Waals surface area contributed by atoms with Crippen LogP contribution in [0.2, 0.25) is 0 Å². The van der Waals surface area contributed by atoms with E-state index in [0.717, 1.165) is 17.8 Å². The number of aryl methyl sites for hydroxylation is 2. The molecule has 2 unspecified atom stereocenters. The van der Waals surface area contributed by atoms with Crippen molar-refractivity contribution in [1.29, 1.82) is 0 Å². The predicted molar refractivity (Wildman–Crippen MR) is 62.9 cm³/mol. The Bertz CT molecular complexity index is 310. The highest BCUT2D eigenvalue weighted by atomic mass is 79.9. The van der Waals surface area contributed by atoms with Crippen LogP contribution in [-0.2, 0) is 0 Å². The minimum atomic E-state index is 0.540. The van der Waals surface area contributed by atoms with Gasteiger partial charge in [0.15, 0.2) is 0 Å². The standard InChI is InChI=1S/C11H17BrN2/c1-7(5-8(2)12)11-6-9(3)13-14-10(11)4/h6-8H,5H2,1-4H3. The van der Waals surface area contributed by atoms with E-state index in [1.165, 1.54) is 5.56 Å². The van der Waals surface area contributed by atoms with Gasteiger partial charge in [-0.1, -0.05) is 29.8 Å². The zero-order chi connectivity index (χ0) is 10.7. The molecule has 14 heavy (non-hydrogen) atoms. The maximum absolute atomic E-state index is 4.14. The first-order valence-corrected chi connectivity index (χ1v) is 5.87. The SMILES string of the molecule is Cc1cc(C(C)CC(C)Br)c(C)nn1. The summed E-state index contributed by atoms with van der Waals surface area (Å²) < 4.78 is 0. The van der Waals surface area contributed by atoms with E-state index in [1.807, 2.05) is 13.8 Å². The summed E-state index contributed by atoms with van der Waals surface area (Å²) in [5.74, 6) is 0.540. The van der Waals surface area contributed by atoms with Crippen LogP contribution in [0.25, 0.3) is 0 Å². The Morgan fingerprint density at radius 3 is 2.50 bits per heavy atom. The number of rotatable bonds is 3. The Balaban J connectivity index is 2.88. The topological polar surface area (TPSA) is 25.8 Å². The summed E-state index contributed by atoms with van der Waals surface area (Å²) in [4.78, 5) is 0.547. The summed E-state index contributed by atoms with van der Waals surface area (Å²) in [6.07, 6.45) is 1.13. The van der Waals surface area contributed by atoms with Crippen LogP contribution >= 0.6 is 15.9 Å². The van der Waals surface area contributed by atoms with Crippen molar-refractivity contribution in [3.8, 4) is 0 Å². The molecule has 0 fully saturated rings. The molecule has 3 heteroatoms. The lowest BCUT2D eigenvalue weighted by Gasteiger charge is -2.15. The monoisotopic (exact) mass is 256 g/mol. The van der Waals surface area contributed by atoms with Gasteiger partial charge in [-0.3, -0.25) is 0 Å². The third-order valence-corrected chi connectivity index (χ3v) is 2.72. The van der Waals surface area contributed by atoms with E-state index >= 15 is 0 Å². The molecule has 0 aliphatic rings. The number of alkyl halides is 1. The Labute approximate surface area is 94.3 Å². The molecule has 1 rings (SSSR count). The molecule has 1 heterocycles. The molecule has 0 spiro atoms. The van der Waals surface area contributed by atoms with Crippen molar-refractivity contribution in [3.63, 3.8) is 0 Å². The quantitative estimate of drug-likeness (QED) is 0.776. The molecule has 78 valence electrons. The van der Waals surface area contributed by atoms with Crippen LogP contribution in [-0.4, -0.2) is 15.0 Å². The summed E-state index contributed by atoms with van der Waals surface area (Å²) in [6, 6.07) is 2.14. The second-order valence-electron chi connectivity index (χ2n) is 3.94. The lowest BCUT2D eigenvalue weighted by Crippen LogP contribution is -2.05. The minimum absolute atomic E-state index is 0.540. The molecule has 1 aromatic rings. The van der Waals surface area contributed by atoms with Gasteiger partial charge in [0.1, 0.15) is 0 Å². The van der Waals surface area contributed by atoms with Gasteiger partial charge in [-0.2, -0.15) is 10.2 Å². The van der Waals surface area contributed by atoms with Crippen LogP contribution in [0.15, 0.2) is 6.07 Å². The van der Waals surface area contributed by atoms with E-state index in [0.29, 0.717) is 10.7 Å². The van der Waals surface area contributed by atoms with E-state index in [4.69, 9.17) is 0 Å². The molecular weight excluding hydrogens is 240 g/mol. The lowest BCUT2D eigenvalue weighted by molar-refractivity contribution is 0.667. The van der Waals surface area contributed by atoms with Crippen molar-refractivity contribution in [2.45, 2.75) is 44.9 Å². The molecule has 2 nitrogen and oxygen atoms in total. The second-order valence-corrected chi connectivity index (χ2v) is 5.51. The summed E-state index contributed by atoms with van der Waals surface area (Å²) in [6.45, 7) is 8.42. The molecule has 0 saturated heterocycles. The Hall–Kier alpha value is -0.440. The maximum Gasteiger partial charge on any atom is 0.0635 e. The number of halogens is 1. The summed E-state index contributed by atoms with van der Waals surface area (Å²) in [5, 5.41) is 8.18. The fraction of sp³-hybridized carbons (Fsp3) is 0.636. The van der Waals surface area contributed by atoms with Crippen LogP contribution in [0.4, 0.5) is 0 Å². The summed E-state index contributed by atoms with van der Waals surface area (Å²) >= 11 is 3.58. The first kappa shape index (κ1) is 11.6. The van der Waals surface area contributed by atoms with Crippen molar-refractivity contribution in [1.82, 2.24) is 10.2 Å². The zero-order valence-electron chi connectivity index (χ0n) is 9.21. The van der Waals surface area contributed by atoms with Crippen LogP contribution < -0.4 is 0 Å². The van der Waals surface area contributed by atoms with Gasteiger partial charge in [0.25, 0.3) is 0 Å². The van der Waals surface area contributed by atoms with Crippen molar-refractivity contribution >= 4 is 15.9 Å². The van der Waals surface area contributed by atoms with E-state index in [2.05, 4.69) is 46.0 Å². The molecule has 0 radical (unpaired) electrons. The fourth-order valence-corrected chi connectivity index (χ4v) is 2.24. The fourth-order valence-electron chi connectivity index (χ4n) is 1.68. The van der Waals surface area contributed by atoms with Crippen LogP contribution in [0.1, 0.15) is 43.1 Å². The van der Waals surface area contributed by atoms with Crippen molar-refractivity contribution in [2.24, 2.45) is 0 Å². The molecule has 0 amide bonds. The van der Waals surface area contributed by atoms with Gasteiger partial charge in [0.05, 0.1) is 11.4 Å². The molecule has 0 aromatic carbocycles. The second kappa shape index (κ2) is 4.87. The number of hydrogen-bond donors (Lipinski definition) is 0. The summed E-state index contributed by atoms with van der Waals surface area (Å²) in [7, 11) is 0. The molecule has 0 aliphatic heterocycles.